The molecule has 0 aliphatic carbocycles. The second-order valence-electron chi connectivity index (χ2n) is 5.89. The molecule has 1 amide bonds. The predicted octanol–water partition coefficient (Wildman–Crippen LogP) is 2.57. The number of carbonyl (C=O) groups is 1. The van der Waals surface area contributed by atoms with Crippen LogP contribution >= 0.6 is 0 Å². The Balaban J connectivity index is 2.43. The molecule has 1 saturated heterocycles. The summed E-state index contributed by atoms with van der Waals surface area (Å²) in [5.41, 5.74) is 0.461. The molecule has 1 aliphatic rings. The van der Waals surface area contributed by atoms with Crippen molar-refractivity contribution in [3.05, 3.63) is 30.3 Å². The average Bonchev–Trinajstić information content (AvgIpc) is 2.34. The minimum atomic E-state index is -0.461. The molecule has 0 spiro atoms. The van der Waals surface area contributed by atoms with Crippen molar-refractivity contribution in [1.29, 1.82) is 0 Å². The molecule has 1 unspecified atom stereocenters. The summed E-state index contributed by atoms with van der Waals surface area (Å²) in [6.07, 6.45) is 0.795. The van der Waals surface area contributed by atoms with Crippen LogP contribution in [0.25, 0.3) is 0 Å². The zero-order valence-corrected chi connectivity index (χ0v) is 11.7. The molecule has 0 aromatic heterocycles. The lowest BCUT2D eigenvalue weighted by Gasteiger charge is -2.50. The summed E-state index contributed by atoms with van der Waals surface area (Å²) in [4.78, 5) is 14.6. The summed E-state index contributed by atoms with van der Waals surface area (Å²) in [5.74, 6) is 0.116. The third-order valence-electron chi connectivity index (χ3n) is 3.85. The molecule has 18 heavy (non-hydrogen) atoms. The topological polar surface area (TPSA) is 32.3 Å². The third kappa shape index (κ3) is 2.09. The van der Waals surface area contributed by atoms with Gasteiger partial charge in [0.2, 0.25) is 5.91 Å². The van der Waals surface area contributed by atoms with Crippen molar-refractivity contribution < 1.29 is 4.79 Å². The Morgan fingerprint density at radius 2 is 1.83 bits per heavy atom. The van der Waals surface area contributed by atoms with Crippen LogP contribution in [0.3, 0.4) is 0 Å². The Kier molecular flexibility index (Phi) is 3.09. The van der Waals surface area contributed by atoms with E-state index in [0.717, 1.165) is 18.7 Å². The van der Waals surface area contributed by atoms with Crippen molar-refractivity contribution in [3.63, 3.8) is 0 Å². The van der Waals surface area contributed by atoms with E-state index in [-0.39, 0.29) is 11.4 Å². The molecule has 98 valence electrons. The molecule has 3 heteroatoms. The second-order valence-corrected chi connectivity index (χ2v) is 5.89. The van der Waals surface area contributed by atoms with Crippen molar-refractivity contribution in [2.45, 2.75) is 45.2 Å². The smallest absolute Gasteiger partial charge is 0.246 e. The van der Waals surface area contributed by atoms with Gasteiger partial charge in [0, 0.05) is 12.2 Å². The summed E-state index contributed by atoms with van der Waals surface area (Å²) >= 11 is 0. The van der Waals surface area contributed by atoms with E-state index in [0.29, 0.717) is 0 Å². The standard InChI is InChI=1S/C15H22N2O/c1-5-15(4)13(18)16-14(2,3)11-17(15)12-9-7-6-8-10-12/h6-10H,5,11H2,1-4H3,(H,16,18). The fourth-order valence-corrected chi connectivity index (χ4v) is 2.51. The number of nitrogens with zero attached hydrogens (tertiary/aromatic N) is 1. The zero-order chi connectivity index (χ0) is 13.4. The summed E-state index contributed by atoms with van der Waals surface area (Å²) in [7, 11) is 0. The van der Waals surface area contributed by atoms with Gasteiger partial charge in [0.1, 0.15) is 5.54 Å². The predicted molar refractivity (Wildman–Crippen MR) is 74.7 cm³/mol. The van der Waals surface area contributed by atoms with Crippen LogP contribution in [0.15, 0.2) is 30.3 Å². The minimum absolute atomic E-state index is 0.116. The molecule has 1 aromatic rings. The zero-order valence-electron chi connectivity index (χ0n) is 11.7. The van der Waals surface area contributed by atoms with Gasteiger partial charge in [0.15, 0.2) is 0 Å². The van der Waals surface area contributed by atoms with Gasteiger partial charge in [-0.05, 0) is 39.3 Å². The van der Waals surface area contributed by atoms with Gasteiger partial charge in [0.25, 0.3) is 0 Å². The molecule has 2 rings (SSSR count). The third-order valence-corrected chi connectivity index (χ3v) is 3.85. The summed E-state index contributed by atoms with van der Waals surface area (Å²) < 4.78 is 0. The number of carbonyl (C=O) groups excluding carboxylic acids is 1. The van der Waals surface area contributed by atoms with Gasteiger partial charge >= 0.3 is 0 Å². The summed E-state index contributed by atoms with van der Waals surface area (Å²) in [5, 5.41) is 3.12. The Hall–Kier alpha value is -1.51. The quantitative estimate of drug-likeness (QED) is 0.870. The molecular weight excluding hydrogens is 224 g/mol. The fourth-order valence-electron chi connectivity index (χ4n) is 2.51. The number of rotatable bonds is 2. The van der Waals surface area contributed by atoms with Gasteiger partial charge in [-0.3, -0.25) is 4.79 Å². The molecule has 1 N–H and O–H groups in total. The maximum atomic E-state index is 12.4. The van der Waals surface area contributed by atoms with E-state index < -0.39 is 5.54 Å². The van der Waals surface area contributed by atoms with Gasteiger partial charge in [-0.1, -0.05) is 25.1 Å². The largest absolute Gasteiger partial charge is 0.355 e. The molecule has 1 fully saturated rings. The Bertz CT molecular complexity index is 441. The van der Waals surface area contributed by atoms with Gasteiger partial charge in [-0.25, -0.2) is 0 Å². The minimum Gasteiger partial charge on any atom is -0.355 e. The number of hydrogen-bond donors (Lipinski definition) is 1. The highest BCUT2D eigenvalue weighted by atomic mass is 16.2. The van der Waals surface area contributed by atoms with E-state index >= 15 is 0 Å². The Labute approximate surface area is 109 Å². The van der Waals surface area contributed by atoms with Crippen LogP contribution in [0.2, 0.25) is 0 Å². The highest BCUT2D eigenvalue weighted by Gasteiger charge is 2.46. The molecule has 1 aromatic carbocycles. The monoisotopic (exact) mass is 246 g/mol. The maximum Gasteiger partial charge on any atom is 0.246 e. The first kappa shape index (κ1) is 12.9. The van der Waals surface area contributed by atoms with Crippen molar-refractivity contribution in [2.24, 2.45) is 0 Å². The molecule has 0 bridgehead atoms. The van der Waals surface area contributed by atoms with Gasteiger partial charge in [0.05, 0.1) is 5.54 Å². The van der Waals surface area contributed by atoms with E-state index in [1.807, 2.05) is 25.1 Å². The first-order valence-electron chi connectivity index (χ1n) is 6.54. The highest BCUT2D eigenvalue weighted by Crippen LogP contribution is 2.32. The van der Waals surface area contributed by atoms with Crippen LogP contribution in [0.5, 0.6) is 0 Å². The van der Waals surface area contributed by atoms with E-state index in [2.05, 4.69) is 43.1 Å². The Morgan fingerprint density at radius 3 is 2.39 bits per heavy atom. The lowest BCUT2D eigenvalue weighted by molar-refractivity contribution is -0.129. The molecule has 1 atom stereocenters. The fraction of sp³-hybridized carbons (Fsp3) is 0.533. The van der Waals surface area contributed by atoms with E-state index in [9.17, 15) is 4.79 Å². The molecular formula is C15H22N2O. The van der Waals surface area contributed by atoms with Crippen molar-refractivity contribution >= 4 is 11.6 Å². The highest BCUT2D eigenvalue weighted by molar-refractivity contribution is 5.91. The first-order chi connectivity index (χ1) is 8.39. The van der Waals surface area contributed by atoms with E-state index in [1.165, 1.54) is 0 Å². The van der Waals surface area contributed by atoms with Crippen LogP contribution in [0.1, 0.15) is 34.1 Å². The van der Waals surface area contributed by atoms with Gasteiger partial charge in [-0.2, -0.15) is 0 Å². The number of nitrogens with one attached hydrogen (secondary N) is 1. The lowest BCUT2D eigenvalue weighted by atomic mass is 9.86. The number of anilines is 1. The van der Waals surface area contributed by atoms with Crippen LogP contribution in [0.4, 0.5) is 5.69 Å². The number of hydrogen-bond acceptors (Lipinski definition) is 2. The number of benzene rings is 1. The van der Waals surface area contributed by atoms with Crippen LogP contribution in [-0.4, -0.2) is 23.5 Å². The first-order valence-corrected chi connectivity index (χ1v) is 6.54. The Morgan fingerprint density at radius 1 is 1.22 bits per heavy atom. The molecule has 1 aliphatic heterocycles. The van der Waals surface area contributed by atoms with Crippen LogP contribution in [0, 0.1) is 0 Å². The van der Waals surface area contributed by atoms with Crippen molar-refractivity contribution in [3.8, 4) is 0 Å². The summed E-state index contributed by atoms with van der Waals surface area (Å²) in [6.45, 7) is 9.04. The van der Waals surface area contributed by atoms with E-state index in [1.54, 1.807) is 0 Å². The maximum absolute atomic E-state index is 12.4. The second kappa shape index (κ2) is 4.30. The summed E-state index contributed by atoms with van der Waals surface area (Å²) in [6, 6.07) is 10.2. The normalized spacial score (nSPS) is 26.9. The van der Waals surface area contributed by atoms with Gasteiger partial charge < -0.3 is 10.2 Å². The lowest BCUT2D eigenvalue weighted by Crippen LogP contribution is -2.70. The van der Waals surface area contributed by atoms with Crippen LogP contribution < -0.4 is 10.2 Å². The van der Waals surface area contributed by atoms with E-state index in [4.69, 9.17) is 0 Å². The number of para-hydroxylation sites is 1. The average molecular weight is 246 g/mol. The molecule has 1 heterocycles. The molecule has 3 nitrogen and oxygen atoms in total. The number of piperazine rings is 1. The number of amides is 1. The SMILES string of the molecule is CCC1(C)C(=O)NC(C)(C)CN1c1ccccc1. The molecule has 0 saturated carbocycles. The van der Waals surface area contributed by atoms with Crippen molar-refractivity contribution in [2.75, 3.05) is 11.4 Å². The van der Waals surface area contributed by atoms with Crippen molar-refractivity contribution in [1.82, 2.24) is 5.32 Å². The van der Waals surface area contributed by atoms with Crippen LogP contribution in [-0.2, 0) is 4.79 Å². The van der Waals surface area contributed by atoms with Gasteiger partial charge in [-0.15, -0.1) is 0 Å². The molecule has 0 radical (unpaired) electrons.